The van der Waals surface area contributed by atoms with Crippen LogP contribution in [0.5, 0.6) is 5.75 Å². The molecule has 3 atom stereocenters. The van der Waals surface area contributed by atoms with Crippen molar-refractivity contribution in [2.24, 2.45) is 0 Å². The summed E-state index contributed by atoms with van der Waals surface area (Å²) in [6, 6.07) is 15.0. The Morgan fingerprint density at radius 2 is 1.78 bits per heavy atom. The number of nitrogens with one attached hydrogen (secondary N) is 1. The predicted octanol–water partition coefficient (Wildman–Crippen LogP) is 2.96. The fourth-order valence-corrected chi connectivity index (χ4v) is 4.79. The fraction of sp³-hybridized carbons (Fsp3) is 0.400. The van der Waals surface area contributed by atoms with Crippen molar-refractivity contribution in [1.29, 1.82) is 0 Å². The summed E-state index contributed by atoms with van der Waals surface area (Å²) in [6.45, 7) is 0.904. The van der Waals surface area contributed by atoms with E-state index in [0.717, 1.165) is 30.4 Å². The number of hydrogen-bond donors (Lipinski definition) is 1. The van der Waals surface area contributed by atoms with Crippen LogP contribution in [0.1, 0.15) is 53.6 Å². The molecule has 166 valence electrons. The third-order valence-corrected chi connectivity index (χ3v) is 6.48. The topological polar surface area (TPSA) is 84.9 Å². The lowest BCUT2D eigenvalue weighted by atomic mass is 10.0. The number of benzene rings is 2. The van der Waals surface area contributed by atoms with Gasteiger partial charge in [-0.1, -0.05) is 30.3 Å². The Morgan fingerprint density at radius 1 is 0.969 bits per heavy atom. The van der Waals surface area contributed by atoms with Gasteiger partial charge in [-0.3, -0.25) is 19.7 Å². The molecule has 3 unspecified atom stereocenters. The maximum Gasteiger partial charge on any atom is 0.255 e. The molecule has 2 aliphatic heterocycles. The third kappa shape index (κ3) is 4.12. The number of fused-ring (bicyclic) bond motifs is 1. The number of carbonyl (C=O) groups is 3. The monoisotopic (exact) mass is 434 g/mol. The van der Waals surface area contributed by atoms with Gasteiger partial charge in [-0.15, -0.1) is 0 Å². The number of rotatable bonds is 6. The first-order chi connectivity index (χ1) is 15.6. The standard InChI is InChI=1S/C25H26N2O5/c28-23-12-11-20(24(29)26-23)27-14-17-13-18(9-10-19(17)25(27)30)32-22-8-4-7-21(22)31-15-16-5-2-1-3-6-16/h1-3,5-6,9-10,13,20-22H,4,7-8,11-12,14-15H2,(H,26,28,29). The van der Waals surface area contributed by atoms with Crippen molar-refractivity contribution in [3.05, 3.63) is 65.2 Å². The first-order valence-electron chi connectivity index (χ1n) is 11.2. The van der Waals surface area contributed by atoms with E-state index in [4.69, 9.17) is 9.47 Å². The molecule has 3 aliphatic rings. The highest BCUT2D eigenvalue weighted by Gasteiger charge is 2.39. The minimum absolute atomic E-state index is 0.0277. The number of nitrogens with zero attached hydrogens (tertiary/aromatic N) is 1. The van der Waals surface area contributed by atoms with Gasteiger partial charge in [-0.2, -0.15) is 0 Å². The highest BCUT2D eigenvalue weighted by atomic mass is 16.5. The van der Waals surface area contributed by atoms with Crippen LogP contribution < -0.4 is 10.1 Å². The van der Waals surface area contributed by atoms with Crippen LogP contribution in [0.3, 0.4) is 0 Å². The lowest BCUT2D eigenvalue weighted by Crippen LogP contribution is -2.52. The van der Waals surface area contributed by atoms with Crippen molar-refractivity contribution in [3.63, 3.8) is 0 Å². The number of amides is 3. The Bertz CT molecular complexity index is 1040. The Hall–Kier alpha value is -3.19. The average molecular weight is 434 g/mol. The molecule has 1 saturated carbocycles. The number of ether oxygens (including phenoxy) is 2. The molecule has 1 aliphatic carbocycles. The summed E-state index contributed by atoms with van der Waals surface area (Å²) in [5, 5.41) is 2.33. The van der Waals surface area contributed by atoms with Crippen LogP contribution in [0.2, 0.25) is 0 Å². The molecule has 2 fully saturated rings. The molecule has 1 N–H and O–H groups in total. The lowest BCUT2D eigenvalue weighted by Gasteiger charge is -2.29. The van der Waals surface area contributed by atoms with Crippen molar-refractivity contribution in [1.82, 2.24) is 10.2 Å². The Morgan fingerprint density at radius 3 is 2.59 bits per heavy atom. The number of imide groups is 1. The highest BCUT2D eigenvalue weighted by molar-refractivity contribution is 6.05. The van der Waals surface area contributed by atoms with E-state index < -0.39 is 11.9 Å². The molecule has 7 heteroatoms. The van der Waals surface area contributed by atoms with Crippen molar-refractivity contribution >= 4 is 17.7 Å². The molecule has 2 aromatic rings. The zero-order chi connectivity index (χ0) is 22.1. The first-order valence-corrected chi connectivity index (χ1v) is 11.2. The molecule has 0 spiro atoms. The van der Waals surface area contributed by atoms with Gasteiger partial charge in [0.05, 0.1) is 12.7 Å². The molecular formula is C25H26N2O5. The molecule has 32 heavy (non-hydrogen) atoms. The average Bonchev–Trinajstić information content (AvgIpc) is 3.37. The molecule has 0 aromatic heterocycles. The molecule has 5 rings (SSSR count). The largest absolute Gasteiger partial charge is 0.488 e. The van der Waals surface area contributed by atoms with Gasteiger partial charge in [0.15, 0.2) is 0 Å². The van der Waals surface area contributed by atoms with Crippen LogP contribution in [0.4, 0.5) is 0 Å². The second kappa shape index (κ2) is 8.74. The lowest BCUT2D eigenvalue weighted by molar-refractivity contribution is -0.136. The number of carbonyl (C=O) groups excluding carboxylic acids is 3. The highest BCUT2D eigenvalue weighted by Crippen LogP contribution is 2.33. The van der Waals surface area contributed by atoms with Crippen molar-refractivity contribution < 1.29 is 23.9 Å². The normalized spacial score (nSPS) is 25.1. The summed E-state index contributed by atoms with van der Waals surface area (Å²) in [6.07, 6.45) is 3.55. The second-order valence-corrected chi connectivity index (χ2v) is 8.64. The van der Waals surface area contributed by atoms with Gasteiger partial charge < -0.3 is 14.4 Å². The third-order valence-electron chi connectivity index (χ3n) is 6.48. The zero-order valence-electron chi connectivity index (χ0n) is 17.8. The van der Waals surface area contributed by atoms with Gasteiger partial charge in [0.25, 0.3) is 5.91 Å². The second-order valence-electron chi connectivity index (χ2n) is 8.64. The molecule has 0 bridgehead atoms. The van der Waals surface area contributed by atoms with E-state index in [-0.39, 0.29) is 30.4 Å². The van der Waals surface area contributed by atoms with Crippen molar-refractivity contribution in [2.45, 2.75) is 63.5 Å². The van der Waals surface area contributed by atoms with E-state index in [2.05, 4.69) is 17.4 Å². The molecule has 0 radical (unpaired) electrons. The maximum atomic E-state index is 12.9. The first kappa shape index (κ1) is 20.7. The van der Waals surface area contributed by atoms with Gasteiger partial charge in [0, 0.05) is 18.5 Å². The van der Waals surface area contributed by atoms with Crippen LogP contribution >= 0.6 is 0 Å². The van der Waals surface area contributed by atoms with E-state index in [1.54, 1.807) is 11.0 Å². The quantitative estimate of drug-likeness (QED) is 0.707. The van der Waals surface area contributed by atoms with Crippen LogP contribution in [-0.4, -0.2) is 40.9 Å². The van der Waals surface area contributed by atoms with Crippen LogP contribution in [0.15, 0.2) is 48.5 Å². The van der Waals surface area contributed by atoms with Crippen molar-refractivity contribution in [2.75, 3.05) is 0 Å². The minimum atomic E-state index is -0.609. The summed E-state index contributed by atoms with van der Waals surface area (Å²) >= 11 is 0. The number of hydrogen-bond acceptors (Lipinski definition) is 5. The van der Waals surface area contributed by atoms with Gasteiger partial charge >= 0.3 is 0 Å². The van der Waals surface area contributed by atoms with Crippen LogP contribution in [0.25, 0.3) is 0 Å². The Balaban J connectivity index is 1.24. The van der Waals surface area contributed by atoms with E-state index in [9.17, 15) is 14.4 Å². The SMILES string of the molecule is O=C1CCC(N2Cc3cc(OC4CCCC4OCc4ccccc4)ccc3C2=O)C(=O)N1. The van der Waals surface area contributed by atoms with Crippen LogP contribution in [-0.2, 0) is 27.5 Å². The van der Waals surface area contributed by atoms with E-state index in [1.165, 1.54) is 0 Å². The maximum absolute atomic E-state index is 12.9. The fourth-order valence-electron chi connectivity index (χ4n) is 4.79. The van der Waals surface area contributed by atoms with Gasteiger partial charge in [-0.05, 0) is 55.0 Å². The van der Waals surface area contributed by atoms with Gasteiger partial charge in [0.2, 0.25) is 11.8 Å². The predicted molar refractivity (Wildman–Crippen MR) is 116 cm³/mol. The van der Waals surface area contributed by atoms with E-state index >= 15 is 0 Å². The van der Waals surface area contributed by atoms with Crippen molar-refractivity contribution in [3.8, 4) is 5.75 Å². The molecule has 2 aromatic carbocycles. The zero-order valence-corrected chi connectivity index (χ0v) is 17.8. The summed E-state index contributed by atoms with van der Waals surface area (Å²) < 4.78 is 12.4. The smallest absolute Gasteiger partial charge is 0.255 e. The van der Waals surface area contributed by atoms with Crippen LogP contribution in [0, 0.1) is 0 Å². The molecule has 1 saturated heterocycles. The molecule has 2 heterocycles. The molecule has 3 amide bonds. The minimum Gasteiger partial charge on any atom is -0.488 e. The van der Waals surface area contributed by atoms with Gasteiger partial charge in [0.1, 0.15) is 17.9 Å². The summed E-state index contributed by atoms with van der Waals surface area (Å²) in [5.41, 5.74) is 2.57. The van der Waals surface area contributed by atoms with E-state index in [0.29, 0.717) is 30.9 Å². The summed E-state index contributed by atoms with van der Waals surface area (Å²) in [4.78, 5) is 38.1. The molecular weight excluding hydrogens is 408 g/mol. The number of piperidine rings is 1. The Kier molecular flexibility index (Phi) is 5.66. The van der Waals surface area contributed by atoms with E-state index in [1.807, 2.05) is 30.3 Å². The summed E-state index contributed by atoms with van der Waals surface area (Å²) in [7, 11) is 0. The van der Waals surface area contributed by atoms with Gasteiger partial charge in [-0.25, -0.2) is 0 Å². The Labute approximate surface area is 186 Å². The molecule has 7 nitrogen and oxygen atoms in total. The summed E-state index contributed by atoms with van der Waals surface area (Å²) in [5.74, 6) is -0.150.